The third kappa shape index (κ3) is 3.72. The van der Waals surface area contributed by atoms with E-state index in [9.17, 15) is 9.59 Å². The number of hydrogen-bond donors (Lipinski definition) is 2. The van der Waals surface area contributed by atoms with Gasteiger partial charge in [-0.05, 0) is 19.8 Å². The van der Waals surface area contributed by atoms with Crippen LogP contribution in [-0.2, 0) is 4.79 Å². The summed E-state index contributed by atoms with van der Waals surface area (Å²) in [5, 5.41) is 2.97. The fourth-order valence-electron chi connectivity index (χ4n) is 2.63. The average molecular weight is 305 g/mol. The van der Waals surface area contributed by atoms with Crippen LogP contribution in [0.4, 0.5) is 5.95 Å². The molecule has 7 nitrogen and oxygen atoms in total. The Bertz CT molecular complexity index is 573. The minimum Gasteiger partial charge on any atom is -0.368 e. The largest absolute Gasteiger partial charge is 0.368 e. The first-order valence-corrected chi connectivity index (χ1v) is 7.57. The Morgan fingerprint density at radius 2 is 2.18 bits per heavy atom. The number of aromatic nitrogens is 2. The van der Waals surface area contributed by atoms with Crippen molar-refractivity contribution < 1.29 is 9.59 Å². The Kier molecular flexibility index (Phi) is 4.95. The summed E-state index contributed by atoms with van der Waals surface area (Å²) in [6.45, 7) is 6.81. The third-order valence-corrected chi connectivity index (χ3v) is 3.80. The number of piperidine rings is 1. The van der Waals surface area contributed by atoms with E-state index in [2.05, 4.69) is 15.3 Å². The van der Waals surface area contributed by atoms with E-state index in [1.54, 1.807) is 6.92 Å². The molecule has 0 aliphatic carbocycles. The summed E-state index contributed by atoms with van der Waals surface area (Å²) in [7, 11) is 0. The van der Waals surface area contributed by atoms with Gasteiger partial charge in [0.1, 0.15) is 0 Å². The predicted molar refractivity (Wildman–Crippen MR) is 83.1 cm³/mol. The first-order valence-electron chi connectivity index (χ1n) is 7.57. The van der Waals surface area contributed by atoms with Crippen molar-refractivity contribution in [2.75, 3.05) is 18.8 Å². The molecule has 0 bridgehead atoms. The van der Waals surface area contributed by atoms with E-state index in [-0.39, 0.29) is 29.7 Å². The molecule has 2 rings (SSSR count). The highest BCUT2D eigenvalue weighted by Crippen LogP contribution is 2.14. The smallest absolute Gasteiger partial charge is 0.254 e. The SMILES string of the molecule is Cc1nc(N)ncc1C(=O)N[C@@H]1CCCN(C(=O)C(C)C)C1. The first kappa shape index (κ1) is 16.2. The highest BCUT2D eigenvalue weighted by molar-refractivity contribution is 5.95. The third-order valence-electron chi connectivity index (χ3n) is 3.80. The Hall–Kier alpha value is -2.18. The van der Waals surface area contributed by atoms with Gasteiger partial charge >= 0.3 is 0 Å². The molecule has 1 aliphatic heterocycles. The van der Waals surface area contributed by atoms with E-state index in [0.29, 0.717) is 17.8 Å². The highest BCUT2D eigenvalue weighted by atomic mass is 16.2. The second kappa shape index (κ2) is 6.72. The lowest BCUT2D eigenvalue weighted by Crippen LogP contribution is -2.50. The molecule has 3 N–H and O–H groups in total. The number of carbonyl (C=O) groups is 2. The molecular weight excluding hydrogens is 282 g/mol. The van der Waals surface area contributed by atoms with Crippen molar-refractivity contribution in [2.24, 2.45) is 5.92 Å². The van der Waals surface area contributed by atoms with Crippen molar-refractivity contribution in [3.63, 3.8) is 0 Å². The van der Waals surface area contributed by atoms with Crippen LogP contribution in [0.15, 0.2) is 6.20 Å². The number of carbonyl (C=O) groups excluding carboxylic acids is 2. The van der Waals surface area contributed by atoms with E-state index < -0.39 is 0 Å². The molecule has 1 aromatic rings. The molecule has 0 saturated carbocycles. The van der Waals surface area contributed by atoms with Crippen LogP contribution >= 0.6 is 0 Å². The van der Waals surface area contributed by atoms with Gasteiger partial charge in [-0.2, -0.15) is 0 Å². The molecule has 1 atom stereocenters. The molecule has 1 fully saturated rings. The van der Waals surface area contributed by atoms with E-state index >= 15 is 0 Å². The average Bonchev–Trinajstić information content (AvgIpc) is 2.46. The van der Waals surface area contributed by atoms with Gasteiger partial charge in [0.25, 0.3) is 5.91 Å². The molecule has 120 valence electrons. The van der Waals surface area contributed by atoms with Crippen molar-refractivity contribution in [1.82, 2.24) is 20.2 Å². The Balaban J connectivity index is 2.00. The number of aryl methyl sites for hydroxylation is 1. The summed E-state index contributed by atoms with van der Waals surface area (Å²) < 4.78 is 0. The van der Waals surface area contributed by atoms with E-state index in [1.165, 1.54) is 6.20 Å². The maximum absolute atomic E-state index is 12.3. The standard InChI is InChI=1S/C15H23N5O2/c1-9(2)14(22)20-6-4-5-11(8-20)19-13(21)12-7-17-15(16)18-10(12)3/h7,9,11H,4-6,8H2,1-3H3,(H,19,21)(H2,16,17,18)/t11-/m1/s1. The topological polar surface area (TPSA) is 101 Å². The maximum Gasteiger partial charge on any atom is 0.254 e. The van der Waals surface area contributed by atoms with Gasteiger partial charge in [-0.15, -0.1) is 0 Å². The minimum absolute atomic E-state index is 0.0257. The second-order valence-electron chi connectivity index (χ2n) is 5.98. The molecule has 1 aliphatic rings. The van der Waals surface area contributed by atoms with Gasteiger partial charge in [0.05, 0.1) is 11.3 Å². The first-order chi connectivity index (χ1) is 10.4. The second-order valence-corrected chi connectivity index (χ2v) is 5.98. The van der Waals surface area contributed by atoms with Crippen LogP contribution in [0.25, 0.3) is 0 Å². The van der Waals surface area contributed by atoms with Crippen molar-refractivity contribution in [2.45, 2.75) is 39.7 Å². The van der Waals surface area contributed by atoms with Crippen molar-refractivity contribution in [1.29, 1.82) is 0 Å². The molecular formula is C15H23N5O2. The quantitative estimate of drug-likeness (QED) is 0.858. The Morgan fingerprint density at radius 1 is 1.45 bits per heavy atom. The number of nitrogen functional groups attached to an aromatic ring is 1. The molecule has 0 aromatic carbocycles. The minimum atomic E-state index is -0.221. The molecule has 7 heteroatoms. The normalized spacial score (nSPS) is 18.4. The van der Waals surface area contributed by atoms with Crippen molar-refractivity contribution in [3.8, 4) is 0 Å². The summed E-state index contributed by atoms with van der Waals surface area (Å²) in [6.07, 6.45) is 3.19. The lowest BCUT2D eigenvalue weighted by molar-refractivity contribution is -0.135. The number of rotatable bonds is 3. The molecule has 0 unspecified atom stereocenters. The Morgan fingerprint density at radius 3 is 2.82 bits per heavy atom. The van der Waals surface area contributed by atoms with Gasteiger partial charge in [0, 0.05) is 31.2 Å². The fraction of sp³-hybridized carbons (Fsp3) is 0.600. The monoisotopic (exact) mass is 305 g/mol. The van der Waals surface area contributed by atoms with Gasteiger partial charge in [0.2, 0.25) is 11.9 Å². The van der Waals surface area contributed by atoms with E-state index in [1.807, 2.05) is 18.7 Å². The van der Waals surface area contributed by atoms with Crippen LogP contribution in [0.1, 0.15) is 42.7 Å². The van der Waals surface area contributed by atoms with Crippen LogP contribution < -0.4 is 11.1 Å². The number of nitrogens with zero attached hydrogens (tertiary/aromatic N) is 3. The summed E-state index contributed by atoms with van der Waals surface area (Å²) in [4.78, 5) is 34.1. The molecule has 0 spiro atoms. The Labute approximate surface area is 130 Å². The van der Waals surface area contributed by atoms with Crippen LogP contribution in [0.3, 0.4) is 0 Å². The lowest BCUT2D eigenvalue weighted by atomic mass is 10.0. The number of nitrogens with one attached hydrogen (secondary N) is 1. The summed E-state index contributed by atoms with van der Waals surface area (Å²) in [5.74, 6) is 0.0370. The van der Waals surface area contributed by atoms with Gasteiger partial charge in [0.15, 0.2) is 0 Å². The van der Waals surface area contributed by atoms with Gasteiger partial charge < -0.3 is 16.0 Å². The van der Waals surface area contributed by atoms with Crippen molar-refractivity contribution >= 4 is 17.8 Å². The zero-order valence-corrected chi connectivity index (χ0v) is 13.3. The predicted octanol–water partition coefficient (Wildman–Crippen LogP) is 0.744. The molecule has 1 aromatic heterocycles. The van der Waals surface area contributed by atoms with Crippen LogP contribution in [-0.4, -0.2) is 45.8 Å². The zero-order chi connectivity index (χ0) is 16.3. The molecule has 2 amide bonds. The molecule has 2 heterocycles. The molecule has 22 heavy (non-hydrogen) atoms. The number of anilines is 1. The summed E-state index contributed by atoms with van der Waals surface area (Å²) >= 11 is 0. The van der Waals surface area contributed by atoms with Gasteiger partial charge in [-0.25, -0.2) is 9.97 Å². The number of hydrogen-bond acceptors (Lipinski definition) is 5. The van der Waals surface area contributed by atoms with Gasteiger partial charge in [-0.1, -0.05) is 13.8 Å². The highest BCUT2D eigenvalue weighted by Gasteiger charge is 2.26. The maximum atomic E-state index is 12.3. The molecule has 0 radical (unpaired) electrons. The van der Waals surface area contributed by atoms with Crippen LogP contribution in [0.2, 0.25) is 0 Å². The zero-order valence-electron chi connectivity index (χ0n) is 13.3. The molecule has 1 saturated heterocycles. The van der Waals surface area contributed by atoms with Crippen molar-refractivity contribution in [3.05, 3.63) is 17.5 Å². The number of amides is 2. The van der Waals surface area contributed by atoms with Gasteiger partial charge in [-0.3, -0.25) is 9.59 Å². The summed E-state index contributed by atoms with van der Waals surface area (Å²) in [6, 6.07) is -0.0408. The number of likely N-dealkylation sites (tertiary alicyclic amines) is 1. The van der Waals surface area contributed by atoms with Crippen LogP contribution in [0, 0.1) is 12.8 Å². The lowest BCUT2D eigenvalue weighted by Gasteiger charge is -2.34. The van der Waals surface area contributed by atoms with E-state index in [0.717, 1.165) is 19.4 Å². The van der Waals surface area contributed by atoms with Crippen LogP contribution in [0.5, 0.6) is 0 Å². The van der Waals surface area contributed by atoms with E-state index in [4.69, 9.17) is 5.73 Å². The fourth-order valence-corrected chi connectivity index (χ4v) is 2.63. The number of nitrogens with two attached hydrogens (primary N) is 1. The summed E-state index contributed by atoms with van der Waals surface area (Å²) in [5.41, 5.74) is 6.46.